The summed E-state index contributed by atoms with van der Waals surface area (Å²) in [7, 11) is 3.60. The highest BCUT2D eigenvalue weighted by Gasteiger charge is 2.27. The first-order chi connectivity index (χ1) is 10.0. The first-order valence-corrected chi connectivity index (χ1v) is 7.09. The third-order valence-corrected chi connectivity index (χ3v) is 3.68. The number of aromatic nitrogens is 2. The standard InChI is InChI=1S/C14H22N4O3/c1-11-10-16(2)6-7-17(11)14(20)12-4-5-13(19)18(15-12)8-9-21-3/h4-5,11H,6-10H2,1-3H3/t11-/m0/s1. The predicted molar refractivity (Wildman–Crippen MR) is 78.4 cm³/mol. The van der Waals surface area contributed by atoms with Gasteiger partial charge in [-0.3, -0.25) is 9.59 Å². The van der Waals surface area contributed by atoms with Crippen molar-refractivity contribution in [2.24, 2.45) is 0 Å². The average molecular weight is 294 g/mol. The number of hydrogen-bond acceptors (Lipinski definition) is 5. The molecule has 7 heteroatoms. The van der Waals surface area contributed by atoms with Gasteiger partial charge in [-0.25, -0.2) is 4.68 Å². The highest BCUT2D eigenvalue weighted by Crippen LogP contribution is 2.11. The van der Waals surface area contributed by atoms with Crippen molar-refractivity contribution in [1.29, 1.82) is 0 Å². The van der Waals surface area contributed by atoms with E-state index in [1.54, 1.807) is 7.11 Å². The van der Waals surface area contributed by atoms with Gasteiger partial charge in [0, 0.05) is 38.9 Å². The molecule has 1 aromatic rings. The van der Waals surface area contributed by atoms with Crippen molar-refractivity contribution in [1.82, 2.24) is 19.6 Å². The molecule has 21 heavy (non-hydrogen) atoms. The Bertz CT molecular complexity index is 557. The van der Waals surface area contributed by atoms with Crippen molar-refractivity contribution in [3.63, 3.8) is 0 Å². The maximum absolute atomic E-state index is 12.6. The van der Waals surface area contributed by atoms with Gasteiger partial charge in [-0.15, -0.1) is 0 Å². The molecule has 1 aromatic heterocycles. The van der Waals surface area contributed by atoms with E-state index in [0.717, 1.165) is 13.1 Å². The van der Waals surface area contributed by atoms with Crippen LogP contribution in [-0.2, 0) is 11.3 Å². The van der Waals surface area contributed by atoms with Gasteiger partial charge < -0.3 is 14.5 Å². The number of carbonyl (C=O) groups is 1. The normalized spacial score (nSPS) is 19.8. The van der Waals surface area contributed by atoms with Crippen LogP contribution in [0.15, 0.2) is 16.9 Å². The number of carbonyl (C=O) groups excluding carboxylic acids is 1. The molecular weight excluding hydrogens is 272 g/mol. The topological polar surface area (TPSA) is 67.7 Å². The van der Waals surface area contributed by atoms with Gasteiger partial charge in [0.25, 0.3) is 11.5 Å². The van der Waals surface area contributed by atoms with E-state index in [0.29, 0.717) is 25.4 Å². The third-order valence-electron chi connectivity index (χ3n) is 3.68. The van der Waals surface area contributed by atoms with Gasteiger partial charge in [0.1, 0.15) is 5.69 Å². The number of piperazine rings is 1. The Balaban J connectivity index is 2.17. The maximum atomic E-state index is 12.6. The first kappa shape index (κ1) is 15.7. The van der Waals surface area contributed by atoms with Crippen LogP contribution in [0.2, 0.25) is 0 Å². The van der Waals surface area contributed by atoms with Gasteiger partial charge in [0.2, 0.25) is 0 Å². The van der Waals surface area contributed by atoms with Crippen LogP contribution in [0.3, 0.4) is 0 Å². The van der Waals surface area contributed by atoms with Crippen molar-refractivity contribution in [2.75, 3.05) is 40.4 Å². The largest absolute Gasteiger partial charge is 0.383 e. The summed E-state index contributed by atoms with van der Waals surface area (Å²) in [6, 6.07) is 3.02. The fourth-order valence-electron chi connectivity index (χ4n) is 2.49. The average Bonchev–Trinajstić information content (AvgIpc) is 2.46. The smallest absolute Gasteiger partial charge is 0.274 e. The molecule has 2 heterocycles. The number of ether oxygens (including phenoxy) is 1. The van der Waals surface area contributed by atoms with Gasteiger partial charge in [0.05, 0.1) is 13.2 Å². The van der Waals surface area contributed by atoms with Crippen molar-refractivity contribution in [3.05, 3.63) is 28.2 Å². The van der Waals surface area contributed by atoms with Gasteiger partial charge in [-0.1, -0.05) is 0 Å². The second kappa shape index (κ2) is 6.82. The molecule has 116 valence electrons. The monoisotopic (exact) mass is 294 g/mol. The highest BCUT2D eigenvalue weighted by atomic mass is 16.5. The lowest BCUT2D eigenvalue weighted by atomic mass is 10.2. The minimum absolute atomic E-state index is 0.123. The zero-order valence-corrected chi connectivity index (χ0v) is 12.8. The van der Waals surface area contributed by atoms with Crippen LogP contribution in [0.4, 0.5) is 0 Å². The molecule has 0 aromatic carbocycles. The van der Waals surface area contributed by atoms with Crippen molar-refractivity contribution >= 4 is 5.91 Å². The second-order valence-corrected chi connectivity index (χ2v) is 5.38. The quantitative estimate of drug-likeness (QED) is 0.760. The molecule has 0 N–H and O–H groups in total. The minimum atomic E-state index is -0.227. The van der Waals surface area contributed by atoms with E-state index in [-0.39, 0.29) is 17.5 Å². The van der Waals surface area contributed by atoms with E-state index in [4.69, 9.17) is 4.74 Å². The molecule has 0 spiro atoms. The molecule has 7 nitrogen and oxygen atoms in total. The van der Waals surface area contributed by atoms with Crippen molar-refractivity contribution in [3.8, 4) is 0 Å². The van der Waals surface area contributed by atoms with Crippen LogP contribution in [0, 0.1) is 0 Å². The lowest BCUT2D eigenvalue weighted by molar-refractivity contribution is 0.0524. The molecule has 0 unspecified atom stereocenters. The lowest BCUT2D eigenvalue weighted by Gasteiger charge is -2.38. The Morgan fingerprint density at radius 3 is 2.86 bits per heavy atom. The molecule has 1 atom stereocenters. The number of nitrogens with zero attached hydrogens (tertiary/aromatic N) is 4. The van der Waals surface area contributed by atoms with E-state index in [2.05, 4.69) is 10.00 Å². The Hall–Kier alpha value is -1.73. The summed E-state index contributed by atoms with van der Waals surface area (Å²) >= 11 is 0. The molecular formula is C14H22N4O3. The van der Waals surface area contributed by atoms with Crippen LogP contribution in [0.5, 0.6) is 0 Å². The summed E-state index contributed by atoms with van der Waals surface area (Å²) in [5.41, 5.74) is 0.0807. The van der Waals surface area contributed by atoms with Crippen molar-refractivity contribution < 1.29 is 9.53 Å². The summed E-state index contributed by atoms with van der Waals surface area (Å²) in [4.78, 5) is 28.3. The van der Waals surface area contributed by atoms with Gasteiger partial charge in [0.15, 0.2) is 0 Å². The van der Waals surface area contributed by atoms with Crippen molar-refractivity contribution in [2.45, 2.75) is 19.5 Å². The third kappa shape index (κ3) is 3.68. The van der Waals surface area contributed by atoms with E-state index in [9.17, 15) is 9.59 Å². The number of rotatable bonds is 4. The van der Waals surface area contributed by atoms with E-state index >= 15 is 0 Å². The van der Waals surface area contributed by atoms with Crippen LogP contribution in [0.1, 0.15) is 17.4 Å². The molecule has 1 aliphatic heterocycles. The first-order valence-electron chi connectivity index (χ1n) is 7.09. The zero-order valence-electron chi connectivity index (χ0n) is 12.8. The number of likely N-dealkylation sites (N-methyl/N-ethyl adjacent to an activating group) is 1. The van der Waals surface area contributed by atoms with E-state index in [1.807, 2.05) is 18.9 Å². The number of hydrogen-bond donors (Lipinski definition) is 0. The molecule has 1 aliphatic rings. The predicted octanol–water partition coefficient (Wildman–Crippen LogP) is -0.334. The summed E-state index contributed by atoms with van der Waals surface area (Å²) in [5.74, 6) is -0.123. The molecule has 0 aliphatic carbocycles. The fourth-order valence-corrected chi connectivity index (χ4v) is 2.49. The number of methoxy groups -OCH3 is 1. The van der Waals surface area contributed by atoms with Gasteiger partial charge >= 0.3 is 0 Å². The summed E-state index contributed by atoms with van der Waals surface area (Å²) in [6.07, 6.45) is 0. The van der Waals surface area contributed by atoms with E-state index < -0.39 is 0 Å². The summed E-state index contributed by atoms with van der Waals surface area (Å²) in [6.45, 7) is 5.11. The van der Waals surface area contributed by atoms with Crippen LogP contribution < -0.4 is 5.56 Å². The molecule has 1 saturated heterocycles. The Labute approximate surface area is 124 Å². The van der Waals surface area contributed by atoms with Gasteiger partial charge in [-0.05, 0) is 20.0 Å². The fraction of sp³-hybridized carbons (Fsp3) is 0.643. The SMILES string of the molecule is COCCn1nc(C(=O)N2CCN(C)C[C@@H]2C)ccc1=O. The molecule has 1 fully saturated rings. The summed E-state index contributed by atoms with van der Waals surface area (Å²) in [5, 5.41) is 4.16. The molecule has 2 rings (SSSR count). The Morgan fingerprint density at radius 2 is 2.19 bits per heavy atom. The highest BCUT2D eigenvalue weighted by molar-refractivity contribution is 5.92. The number of amides is 1. The summed E-state index contributed by atoms with van der Waals surface area (Å²) < 4.78 is 6.22. The maximum Gasteiger partial charge on any atom is 0.274 e. The molecule has 1 amide bonds. The Morgan fingerprint density at radius 1 is 1.43 bits per heavy atom. The molecule has 0 radical (unpaired) electrons. The van der Waals surface area contributed by atoms with Crippen LogP contribution in [-0.4, -0.2) is 71.9 Å². The van der Waals surface area contributed by atoms with Crippen LogP contribution in [0.25, 0.3) is 0 Å². The zero-order chi connectivity index (χ0) is 15.4. The van der Waals surface area contributed by atoms with Crippen LogP contribution >= 0.6 is 0 Å². The van der Waals surface area contributed by atoms with Gasteiger partial charge in [-0.2, -0.15) is 5.10 Å². The molecule has 0 bridgehead atoms. The second-order valence-electron chi connectivity index (χ2n) is 5.38. The Kier molecular flexibility index (Phi) is 5.08. The lowest BCUT2D eigenvalue weighted by Crippen LogP contribution is -2.53. The van der Waals surface area contributed by atoms with E-state index in [1.165, 1.54) is 16.8 Å². The molecule has 0 saturated carbocycles. The minimum Gasteiger partial charge on any atom is -0.383 e.